The van der Waals surface area contributed by atoms with Crippen molar-refractivity contribution in [3.63, 3.8) is 0 Å². The van der Waals surface area contributed by atoms with Crippen molar-refractivity contribution in [2.75, 3.05) is 0 Å². The molecule has 0 aliphatic rings. The Kier molecular flexibility index (Phi) is 6.90. The Morgan fingerprint density at radius 1 is 1.35 bits per heavy atom. The van der Waals surface area contributed by atoms with Gasteiger partial charge in [-0.25, -0.2) is 0 Å². The lowest BCUT2D eigenvalue weighted by atomic mass is 10.1. The molecule has 0 aliphatic carbocycles. The molecule has 0 fully saturated rings. The topological polar surface area (TPSA) is 65.8 Å². The minimum atomic E-state index is -0.313. The van der Waals surface area contributed by atoms with Crippen LogP contribution in [0.2, 0.25) is 5.02 Å². The fraction of sp³-hybridized carbons (Fsp3) is 0.133. The molecule has 0 unspecified atom stereocenters. The highest BCUT2D eigenvalue weighted by Crippen LogP contribution is 2.15. The molecule has 0 bridgehead atoms. The van der Waals surface area contributed by atoms with Crippen LogP contribution in [0.5, 0.6) is 0 Å². The molecule has 0 amide bonds. The summed E-state index contributed by atoms with van der Waals surface area (Å²) in [5, 5.41) is 4.00. The zero-order chi connectivity index (χ0) is 14.8. The van der Waals surface area contributed by atoms with Crippen molar-refractivity contribution in [3.8, 4) is 0 Å². The molecule has 0 aromatic heterocycles. The predicted octanol–water partition coefficient (Wildman–Crippen LogP) is 5.24. The van der Waals surface area contributed by atoms with Gasteiger partial charge in [-0.1, -0.05) is 47.6 Å². The summed E-state index contributed by atoms with van der Waals surface area (Å²) < 4.78 is 0. The van der Waals surface area contributed by atoms with Gasteiger partial charge in [-0.15, -0.1) is 0 Å². The molecule has 0 radical (unpaired) electrons. The Balaban J connectivity index is 2.84. The third kappa shape index (κ3) is 5.14. The number of allylic oxidation sites excluding steroid dienone is 5. The van der Waals surface area contributed by atoms with Crippen LogP contribution in [0.3, 0.4) is 0 Å². The molecular formula is C15H14ClN3O. The Bertz CT molecular complexity index is 582. The number of nitrogens with zero attached hydrogens (tertiary/aromatic N) is 3. The smallest absolute Gasteiger partial charge is 0.195 e. The van der Waals surface area contributed by atoms with E-state index in [9.17, 15) is 4.79 Å². The Labute approximate surface area is 122 Å². The average Bonchev–Trinajstić information content (AvgIpc) is 2.46. The molecule has 1 rings (SSSR count). The maximum Gasteiger partial charge on any atom is 0.195 e. The number of hydrogen-bond donors (Lipinski definition) is 0. The number of ketones is 1. The lowest BCUT2D eigenvalue weighted by Crippen LogP contribution is -2.01. The van der Waals surface area contributed by atoms with Gasteiger partial charge in [0.05, 0.1) is 5.70 Å². The van der Waals surface area contributed by atoms with E-state index in [0.29, 0.717) is 17.0 Å². The van der Waals surface area contributed by atoms with Gasteiger partial charge >= 0.3 is 0 Å². The van der Waals surface area contributed by atoms with Gasteiger partial charge in [-0.3, -0.25) is 4.79 Å². The number of hydrogen-bond acceptors (Lipinski definition) is 2. The first-order valence-electron chi connectivity index (χ1n) is 6.02. The molecule has 0 saturated carbocycles. The Morgan fingerprint density at radius 3 is 2.65 bits per heavy atom. The summed E-state index contributed by atoms with van der Waals surface area (Å²) in [6.07, 6.45) is 8.40. The maximum atomic E-state index is 12.2. The Morgan fingerprint density at radius 2 is 2.05 bits per heavy atom. The summed E-state index contributed by atoms with van der Waals surface area (Å²) in [4.78, 5) is 14.8. The van der Waals surface area contributed by atoms with Crippen LogP contribution in [-0.4, -0.2) is 5.78 Å². The highest BCUT2D eigenvalue weighted by atomic mass is 35.5. The Hall–Kier alpha value is -2.29. The van der Waals surface area contributed by atoms with Crippen LogP contribution in [0.4, 0.5) is 0 Å². The van der Waals surface area contributed by atoms with Gasteiger partial charge in [-0.05, 0) is 42.6 Å². The molecule has 1 aromatic rings. The van der Waals surface area contributed by atoms with Gasteiger partial charge in [-0.2, -0.15) is 0 Å². The number of azide groups is 1. The molecule has 102 valence electrons. The number of carbonyl (C=O) groups is 1. The van der Waals surface area contributed by atoms with E-state index in [1.807, 2.05) is 12.2 Å². The normalized spacial score (nSPS) is 11.2. The van der Waals surface area contributed by atoms with Gasteiger partial charge in [0.2, 0.25) is 0 Å². The molecule has 20 heavy (non-hydrogen) atoms. The maximum absolute atomic E-state index is 12.2. The lowest BCUT2D eigenvalue weighted by molar-refractivity contribution is 0.103. The van der Waals surface area contributed by atoms with Crippen LogP contribution < -0.4 is 0 Å². The summed E-state index contributed by atoms with van der Waals surface area (Å²) in [6, 6.07) is 6.44. The summed E-state index contributed by atoms with van der Waals surface area (Å²) in [7, 11) is 0. The fourth-order valence-electron chi connectivity index (χ4n) is 1.48. The molecule has 1 aromatic carbocycles. The molecule has 0 atom stereocenters. The van der Waals surface area contributed by atoms with E-state index >= 15 is 0 Å². The van der Waals surface area contributed by atoms with E-state index in [4.69, 9.17) is 17.1 Å². The van der Waals surface area contributed by atoms with Crippen molar-refractivity contribution >= 4 is 17.4 Å². The monoisotopic (exact) mass is 287 g/mol. The van der Waals surface area contributed by atoms with E-state index in [2.05, 4.69) is 16.6 Å². The van der Waals surface area contributed by atoms with Crippen molar-refractivity contribution in [3.05, 3.63) is 81.9 Å². The number of halogens is 1. The minimum Gasteiger partial charge on any atom is -0.289 e. The predicted molar refractivity (Wildman–Crippen MR) is 81.6 cm³/mol. The first-order valence-corrected chi connectivity index (χ1v) is 6.40. The average molecular weight is 288 g/mol. The number of Topliss-reactive ketones (excluding diaryl/α,β-unsaturated/α-hetero) is 1. The first-order chi connectivity index (χ1) is 9.69. The van der Waals surface area contributed by atoms with Crippen LogP contribution in [0, 0.1) is 0 Å². The number of rotatable bonds is 7. The molecular weight excluding hydrogens is 274 g/mol. The van der Waals surface area contributed by atoms with Gasteiger partial charge in [0, 0.05) is 15.5 Å². The van der Waals surface area contributed by atoms with Crippen molar-refractivity contribution < 1.29 is 4.79 Å². The van der Waals surface area contributed by atoms with Crippen LogP contribution in [0.15, 0.2) is 66.0 Å². The number of carbonyl (C=O) groups excluding carboxylic acids is 1. The number of benzene rings is 1. The third-order valence-electron chi connectivity index (χ3n) is 2.43. The largest absolute Gasteiger partial charge is 0.289 e. The molecule has 0 saturated heterocycles. The molecule has 4 nitrogen and oxygen atoms in total. The minimum absolute atomic E-state index is 0.0989. The standard InChI is InChI=1S/C15H14ClN3O/c1-2-3-4-5-6-7-14(18-19-17)15(20)12-8-10-13(16)11-9-12/h2-4,7-11H,1,5-6H2/b4-3+,14-7-. The van der Waals surface area contributed by atoms with Crippen LogP contribution in [-0.2, 0) is 0 Å². The highest BCUT2D eigenvalue weighted by Gasteiger charge is 2.10. The second-order valence-corrected chi connectivity index (χ2v) is 4.29. The molecule has 5 heteroatoms. The molecule has 0 spiro atoms. The molecule has 0 N–H and O–H groups in total. The van der Waals surface area contributed by atoms with E-state index in [1.54, 1.807) is 36.4 Å². The zero-order valence-electron chi connectivity index (χ0n) is 10.9. The first kappa shape index (κ1) is 15.8. The van der Waals surface area contributed by atoms with Crippen LogP contribution in [0.1, 0.15) is 23.2 Å². The summed E-state index contributed by atoms with van der Waals surface area (Å²) in [6.45, 7) is 3.56. The molecule has 0 aliphatic heterocycles. The highest BCUT2D eigenvalue weighted by molar-refractivity contribution is 6.30. The SMILES string of the molecule is C=C/C=C/CC/C=C(\N=[N+]=[N-])C(=O)c1ccc(Cl)cc1. The quantitative estimate of drug-likeness (QED) is 0.129. The second-order valence-electron chi connectivity index (χ2n) is 3.86. The summed E-state index contributed by atoms with van der Waals surface area (Å²) in [5.74, 6) is -0.313. The van der Waals surface area contributed by atoms with Crippen LogP contribution in [0.25, 0.3) is 10.4 Å². The van der Waals surface area contributed by atoms with Gasteiger partial charge < -0.3 is 0 Å². The van der Waals surface area contributed by atoms with E-state index < -0.39 is 0 Å². The van der Waals surface area contributed by atoms with Crippen molar-refractivity contribution in [1.82, 2.24) is 0 Å². The van der Waals surface area contributed by atoms with Crippen molar-refractivity contribution in [1.29, 1.82) is 0 Å². The third-order valence-corrected chi connectivity index (χ3v) is 2.69. The lowest BCUT2D eigenvalue weighted by Gasteiger charge is -2.01. The van der Waals surface area contributed by atoms with Crippen molar-refractivity contribution in [2.45, 2.75) is 12.8 Å². The van der Waals surface area contributed by atoms with Gasteiger partial charge in [0.1, 0.15) is 0 Å². The van der Waals surface area contributed by atoms with Crippen molar-refractivity contribution in [2.24, 2.45) is 5.11 Å². The van der Waals surface area contributed by atoms with Gasteiger partial charge in [0.15, 0.2) is 5.78 Å². The summed E-state index contributed by atoms with van der Waals surface area (Å²) in [5.41, 5.74) is 9.07. The van der Waals surface area contributed by atoms with E-state index in [-0.39, 0.29) is 11.5 Å². The van der Waals surface area contributed by atoms with E-state index in [1.165, 1.54) is 0 Å². The summed E-state index contributed by atoms with van der Waals surface area (Å²) >= 11 is 5.77. The molecule has 0 heterocycles. The van der Waals surface area contributed by atoms with Crippen LogP contribution >= 0.6 is 11.6 Å². The zero-order valence-corrected chi connectivity index (χ0v) is 11.6. The number of unbranched alkanes of at least 4 members (excludes halogenated alkanes) is 1. The fourth-order valence-corrected chi connectivity index (χ4v) is 1.61. The van der Waals surface area contributed by atoms with Gasteiger partial charge in [0.25, 0.3) is 0 Å². The van der Waals surface area contributed by atoms with E-state index in [0.717, 1.165) is 6.42 Å². The second kappa shape index (κ2) is 8.75.